The van der Waals surface area contributed by atoms with Crippen molar-refractivity contribution < 1.29 is 4.39 Å². The first-order valence-electron chi connectivity index (χ1n) is 17.1. The number of fused-ring (bicyclic) bond motifs is 6. The van der Waals surface area contributed by atoms with E-state index in [2.05, 4.69) is 27.9 Å². The van der Waals surface area contributed by atoms with Gasteiger partial charge in [0.05, 0.1) is 70.5 Å². The van der Waals surface area contributed by atoms with E-state index < -0.39 is 5.82 Å². The van der Waals surface area contributed by atoms with Crippen molar-refractivity contribution in [2.45, 2.75) is 0 Å². The first-order valence-corrected chi connectivity index (χ1v) is 17.1. The summed E-state index contributed by atoms with van der Waals surface area (Å²) in [4.78, 5) is 7.43. The van der Waals surface area contributed by atoms with Gasteiger partial charge >= 0.3 is 0 Å². The Morgan fingerprint density at radius 2 is 0.964 bits per heavy atom. The van der Waals surface area contributed by atoms with Crippen LogP contribution in [-0.2, 0) is 0 Å². The van der Waals surface area contributed by atoms with Crippen molar-refractivity contribution in [1.29, 1.82) is 15.8 Å². The molecule has 252 valence electrons. The Kier molecular flexibility index (Phi) is 7.45. The lowest BCUT2D eigenvalue weighted by atomic mass is 9.96. The number of nitrogens with zero attached hydrogens (tertiary/aromatic N) is 7. The maximum atomic E-state index is 16.7. The maximum absolute atomic E-state index is 16.7. The molecule has 0 fully saturated rings. The smallest absolute Gasteiger partial charge is 0.189 e. The van der Waals surface area contributed by atoms with Crippen molar-refractivity contribution in [2.24, 2.45) is 0 Å². The largest absolute Gasteiger partial charge is 0.310 e. The van der Waals surface area contributed by atoms with Crippen LogP contribution >= 0.6 is 0 Å². The summed E-state index contributed by atoms with van der Waals surface area (Å²) < 4.78 is 20.5. The lowest BCUT2D eigenvalue weighted by molar-refractivity contribution is 0.630. The Hall–Kier alpha value is -8.48. The minimum Gasteiger partial charge on any atom is -0.310 e. The van der Waals surface area contributed by atoms with Gasteiger partial charge in [0, 0.05) is 43.7 Å². The van der Waals surface area contributed by atoms with Gasteiger partial charge in [0.2, 0.25) is 0 Å². The van der Waals surface area contributed by atoms with Crippen LogP contribution in [0.2, 0.25) is 0 Å². The average Bonchev–Trinajstić information content (AvgIpc) is 3.74. The summed E-state index contributed by atoms with van der Waals surface area (Å²) in [6, 6.07) is 46.5. The van der Waals surface area contributed by atoms with Crippen LogP contribution in [0.1, 0.15) is 16.7 Å². The van der Waals surface area contributed by atoms with E-state index in [-0.39, 0.29) is 16.7 Å². The van der Waals surface area contributed by atoms with Crippen LogP contribution in [-0.4, -0.2) is 9.13 Å². The van der Waals surface area contributed by atoms with Gasteiger partial charge in [-0.2, -0.15) is 15.8 Å². The molecule has 0 N–H and O–H groups in total. The lowest BCUT2D eigenvalue weighted by Crippen LogP contribution is -2.06. The van der Waals surface area contributed by atoms with E-state index in [0.717, 1.165) is 38.2 Å². The van der Waals surface area contributed by atoms with Gasteiger partial charge in [-0.3, -0.25) is 0 Å². The zero-order valence-corrected chi connectivity index (χ0v) is 28.7. The molecule has 2 heterocycles. The van der Waals surface area contributed by atoms with Gasteiger partial charge in [-0.15, -0.1) is 0 Å². The molecule has 0 aliphatic heterocycles. The first-order chi connectivity index (χ1) is 26.9. The van der Waals surface area contributed by atoms with E-state index in [1.165, 1.54) is 6.07 Å². The molecule has 55 heavy (non-hydrogen) atoms. The van der Waals surface area contributed by atoms with E-state index in [9.17, 15) is 15.8 Å². The van der Waals surface area contributed by atoms with Gasteiger partial charge in [0.25, 0.3) is 0 Å². The van der Waals surface area contributed by atoms with Gasteiger partial charge in [-0.1, -0.05) is 72.8 Å². The van der Waals surface area contributed by atoms with E-state index >= 15 is 4.39 Å². The summed E-state index contributed by atoms with van der Waals surface area (Å²) in [5.41, 5.74) is 7.63. The van der Waals surface area contributed by atoms with Crippen molar-refractivity contribution in [2.75, 3.05) is 0 Å². The number of rotatable bonds is 4. The molecular weight excluding hydrogens is 682 g/mol. The number of aromatic nitrogens is 2. The SMILES string of the molecule is [C-]#[N+]c1ccc2c3ccc(C#N)cc3n(-c3cc(C#N)cc(-n4c5cc([N+]#[C-])ccc5c5ccc(-c6ccccc6)cc54)c3-c3ccc(C#N)cc3F)c2c1. The highest BCUT2D eigenvalue weighted by Crippen LogP contribution is 2.45. The Balaban J connectivity index is 1.52. The van der Waals surface area contributed by atoms with Crippen molar-refractivity contribution in [1.82, 2.24) is 9.13 Å². The van der Waals surface area contributed by atoms with Crippen LogP contribution < -0.4 is 0 Å². The molecule has 8 heteroatoms. The molecule has 0 radical (unpaired) electrons. The molecule has 9 rings (SSSR count). The quantitative estimate of drug-likeness (QED) is 0.171. The Morgan fingerprint density at radius 1 is 0.473 bits per heavy atom. The molecule has 0 aliphatic carbocycles. The number of hydrogen-bond acceptors (Lipinski definition) is 3. The van der Waals surface area contributed by atoms with E-state index in [1.807, 2.05) is 75.9 Å². The molecule has 7 aromatic carbocycles. The maximum Gasteiger partial charge on any atom is 0.189 e. The van der Waals surface area contributed by atoms with Crippen molar-refractivity contribution in [3.8, 4) is 51.8 Å². The third-order valence-corrected chi connectivity index (χ3v) is 10.1. The fourth-order valence-electron chi connectivity index (χ4n) is 7.64. The Morgan fingerprint density at radius 3 is 1.51 bits per heavy atom. The summed E-state index contributed by atoms with van der Waals surface area (Å²) in [5.74, 6) is -0.654. The molecular formula is C47H22FN7. The monoisotopic (exact) mass is 703 g/mol. The molecule has 0 bridgehead atoms. The highest BCUT2D eigenvalue weighted by Gasteiger charge is 2.25. The predicted molar refractivity (Wildman–Crippen MR) is 213 cm³/mol. The normalized spacial score (nSPS) is 10.9. The Labute approximate surface area is 314 Å². The van der Waals surface area contributed by atoms with Crippen LogP contribution in [0.4, 0.5) is 15.8 Å². The second-order valence-corrected chi connectivity index (χ2v) is 13.0. The minimum atomic E-state index is -0.654. The number of nitriles is 3. The summed E-state index contributed by atoms with van der Waals surface area (Å²) >= 11 is 0. The standard InChI is InChI=1S/C47H22FN7/c1-52-33-11-16-37-35-13-8-29(26-50)19-41(35)54(43(37)23-33)45-20-30(27-51)21-46(47(45)39-14-9-28(25-49)18-40(39)48)55-42-22-32(31-6-4-3-5-7-31)10-15-36(42)38-17-12-34(53-2)24-44(38)55/h3-24H. The minimum absolute atomic E-state index is 0.140. The molecule has 2 aromatic heterocycles. The van der Waals surface area contributed by atoms with Crippen LogP contribution in [0, 0.1) is 53.0 Å². The topological polar surface area (TPSA) is 89.9 Å². The molecule has 0 saturated carbocycles. The average molecular weight is 704 g/mol. The van der Waals surface area contributed by atoms with Crippen molar-refractivity contribution in [3.05, 3.63) is 179 Å². The van der Waals surface area contributed by atoms with Crippen LogP contribution in [0.3, 0.4) is 0 Å². The highest BCUT2D eigenvalue weighted by atomic mass is 19.1. The molecule has 0 aliphatic rings. The predicted octanol–water partition coefficient (Wildman–Crippen LogP) is 12.1. The van der Waals surface area contributed by atoms with Crippen LogP contribution in [0.25, 0.3) is 86.9 Å². The van der Waals surface area contributed by atoms with E-state index in [4.69, 9.17) is 13.1 Å². The first kappa shape index (κ1) is 32.4. The van der Waals surface area contributed by atoms with Gasteiger partial charge < -0.3 is 9.13 Å². The molecule has 0 saturated heterocycles. The zero-order chi connectivity index (χ0) is 37.8. The van der Waals surface area contributed by atoms with Crippen LogP contribution in [0.5, 0.6) is 0 Å². The Bertz CT molecular complexity index is 3260. The van der Waals surface area contributed by atoms with Crippen LogP contribution in [0.15, 0.2) is 133 Å². The fraction of sp³-hybridized carbons (Fsp3) is 0. The number of halogens is 1. The van der Waals surface area contributed by atoms with Crippen molar-refractivity contribution >= 4 is 55.0 Å². The van der Waals surface area contributed by atoms with Crippen molar-refractivity contribution in [3.63, 3.8) is 0 Å². The molecule has 0 atom stereocenters. The summed E-state index contributed by atoms with van der Waals surface area (Å²) in [7, 11) is 0. The third-order valence-electron chi connectivity index (χ3n) is 10.1. The number of hydrogen-bond donors (Lipinski definition) is 0. The molecule has 9 aromatic rings. The molecule has 0 spiro atoms. The number of benzene rings is 7. The van der Waals surface area contributed by atoms with Gasteiger partial charge in [-0.05, 0) is 71.8 Å². The fourth-order valence-corrected chi connectivity index (χ4v) is 7.64. The highest BCUT2D eigenvalue weighted by molar-refractivity contribution is 6.13. The van der Waals surface area contributed by atoms with Gasteiger partial charge in [0.15, 0.2) is 11.4 Å². The zero-order valence-electron chi connectivity index (χ0n) is 28.7. The van der Waals surface area contributed by atoms with Gasteiger partial charge in [0.1, 0.15) is 5.82 Å². The molecule has 7 nitrogen and oxygen atoms in total. The van der Waals surface area contributed by atoms with E-state index in [0.29, 0.717) is 50.4 Å². The second-order valence-electron chi connectivity index (χ2n) is 13.0. The summed E-state index contributed by atoms with van der Waals surface area (Å²) in [6.45, 7) is 15.7. The van der Waals surface area contributed by atoms with Gasteiger partial charge in [-0.25, -0.2) is 14.1 Å². The lowest BCUT2D eigenvalue weighted by Gasteiger charge is -2.21. The van der Waals surface area contributed by atoms with E-state index in [1.54, 1.807) is 60.7 Å². The molecule has 0 amide bonds. The molecule has 0 unspecified atom stereocenters. The summed E-state index contributed by atoms with van der Waals surface area (Å²) in [6.07, 6.45) is 0. The summed E-state index contributed by atoms with van der Waals surface area (Å²) in [5, 5.41) is 33.7. The second kappa shape index (κ2) is 12.6. The third kappa shape index (κ3) is 5.06.